The Balaban J connectivity index is 2.07. The maximum absolute atomic E-state index is 12.2. The summed E-state index contributed by atoms with van der Waals surface area (Å²) in [5, 5.41) is 8.67. The minimum absolute atomic E-state index is 0.0764. The van der Waals surface area contributed by atoms with Crippen LogP contribution in [-0.4, -0.2) is 29.6 Å². The van der Waals surface area contributed by atoms with Crippen molar-refractivity contribution in [2.45, 2.75) is 26.2 Å². The highest BCUT2D eigenvalue weighted by Crippen LogP contribution is 2.13. The van der Waals surface area contributed by atoms with Crippen molar-refractivity contribution in [2.75, 3.05) is 13.1 Å². The van der Waals surface area contributed by atoms with Crippen molar-refractivity contribution < 1.29 is 4.79 Å². The number of hydrogen-bond donors (Lipinski definition) is 0. The Hall–Kier alpha value is -2.15. The molecular weight excluding hydrogens is 238 g/mol. The number of hydrogen-bond acceptors (Lipinski definition) is 3. The van der Waals surface area contributed by atoms with E-state index in [0.717, 1.165) is 37.2 Å². The lowest BCUT2D eigenvalue weighted by atomic mass is 10.1. The second kappa shape index (κ2) is 6.14. The largest absolute Gasteiger partial charge is 0.352 e. The molecule has 19 heavy (non-hydrogen) atoms. The van der Waals surface area contributed by atoms with E-state index in [-0.39, 0.29) is 5.78 Å². The van der Waals surface area contributed by atoms with Crippen molar-refractivity contribution in [2.24, 2.45) is 4.99 Å². The monoisotopic (exact) mass is 255 g/mol. The fraction of sp³-hybridized carbons (Fsp3) is 0.400. The van der Waals surface area contributed by atoms with Crippen LogP contribution in [0.1, 0.15) is 35.2 Å². The Bertz CT molecular complexity index is 525. The van der Waals surface area contributed by atoms with Gasteiger partial charge in [-0.1, -0.05) is 29.8 Å². The molecule has 0 spiro atoms. The Morgan fingerprint density at radius 1 is 1.37 bits per heavy atom. The molecule has 1 aliphatic rings. The van der Waals surface area contributed by atoms with E-state index in [2.05, 4.69) is 4.99 Å². The maximum atomic E-state index is 12.2. The smallest absolute Gasteiger partial charge is 0.207 e. The van der Waals surface area contributed by atoms with Gasteiger partial charge in [0.15, 0.2) is 5.78 Å². The summed E-state index contributed by atoms with van der Waals surface area (Å²) in [4.78, 5) is 17.9. The number of benzene rings is 1. The third-order valence-electron chi connectivity index (χ3n) is 3.33. The Kier molecular flexibility index (Phi) is 4.30. The van der Waals surface area contributed by atoms with Crippen LogP contribution in [0.5, 0.6) is 0 Å². The lowest BCUT2D eigenvalue weighted by Crippen LogP contribution is -2.39. The Labute approximate surface area is 113 Å². The van der Waals surface area contributed by atoms with Crippen LogP contribution in [0.2, 0.25) is 0 Å². The molecule has 1 heterocycles. The van der Waals surface area contributed by atoms with Gasteiger partial charge in [-0.3, -0.25) is 4.79 Å². The number of aliphatic imine (C=N–C) groups is 1. The molecule has 1 aromatic carbocycles. The number of likely N-dealkylation sites (tertiary alicyclic amines) is 1. The third kappa shape index (κ3) is 3.41. The lowest BCUT2D eigenvalue weighted by Gasteiger charge is -2.28. The molecule has 1 fully saturated rings. The molecule has 98 valence electrons. The molecule has 0 aliphatic carbocycles. The number of aryl methyl sites for hydroxylation is 1. The van der Waals surface area contributed by atoms with Gasteiger partial charge in [-0.05, 0) is 19.8 Å². The molecule has 1 saturated heterocycles. The van der Waals surface area contributed by atoms with Gasteiger partial charge in [0.1, 0.15) is 5.84 Å². The number of ketones is 1. The minimum atomic E-state index is 0.0764. The van der Waals surface area contributed by atoms with Gasteiger partial charge in [-0.15, -0.1) is 0 Å². The molecule has 1 aliphatic heterocycles. The van der Waals surface area contributed by atoms with Gasteiger partial charge in [-0.2, -0.15) is 10.3 Å². The second-order valence-corrected chi connectivity index (χ2v) is 4.80. The molecule has 0 atom stereocenters. The number of amidine groups is 1. The first-order valence-corrected chi connectivity index (χ1v) is 6.51. The fourth-order valence-electron chi connectivity index (χ4n) is 2.23. The van der Waals surface area contributed by atoms with E-state index in [9.17, 15) is 4.79 Å². The van der Waals surface area contributed by atoms with Crippen LogP contribution in [0.4, 0.5) is 0 Å². The molecule has 0 saturated carbocycles. The van der Waals surface area contributed by atoms with E-state index in [4.69, 9.17) is 5.26 Å². The van der Waals surface area contributed by atoms with Crippen molar-refractivity contribution in [1.82, 2.24) is 4.90 Å². The Morgan fingerprint density at radius 3 is 2.79 bits per heavy atom. The third-order valence-corrected chi connectivity index (χ3v) is 3.33. The fourth-order valence-corrected chi connectivity index (χ4v) is 2.23. The molecule has 0 bridgehead atoms. The van der Waals surface area contributed by atoms with Gasteiger partial charge in [0.2, 0.25) is 6.19 Å². The van der Waals surface area contributed by atoms with E-state index in [1.807, 2.05) is 42.3 Å². The summed E-state index contributed by atoms with van der Waals surface area (Å²) in [5.74, 6) is 0.821. The van der Waals surface area contributed by atoms with Crippen LogP contribution in [0.3, 0.4) is 0 Å². The summed E-state index contributed by atoms with van der Waals surface area (Å²) < 4.78 is 0. The summed E-state index contributed by atoms with van der Waals surface area (Å²) in [5.41, 5.74) is 1.86. The predicted octanol–water partition coefficient (Wildman–Crippen LogP) is 2.54. The first-order chi connectivity index (χ1) is 9.20. The minimum Gasteiger partial charge on any atom is -0.352 e. The lowest BCUT2D eigenvalue weighted by molar-refractivity contribution is 0.0959. The number of piperidine rings is 1. The van der Waals surface area contributed by atoms with Gasteiger partial charge in [0, 0.05) is 18.5 Å². The van der Waals surface area contributed by atoms with Gasteiger partial charge < -0.3 is 4.90 Å². The van der Waals surface area contributed by atoms with Crippen LogP contribution in [0.25, 0.3) is 0 Å². The summed E-state index contributed by atoms with van der Waals surface area (Å²) >= 11 is 0. The van der Waals surface area contributed by atoms with Crippen molar-refractivity contribution >= 4 is 11.6 Å². The average molecular weight is 255 g/mol. The summed E-state index contributed by atoms with van der Waals surface area (Å²) in [6.45, 7) is 3.11. The molecule has 0 aromatic heterocycles. The molecule has 4 nitrogen and oxygen atoms in total. The summed E-state index contributed by atoms with van der Waals surface area (Å²) in [6, 6.07) is 7.58. The first-order valence-electron chi connectivity index (χ1n) is 6.51. The molecular formula is C15H17N3O. The zero-order valence-corrected chi connectivity index (χ0v) is 11.1. The molecule has 0 unspecified atom stereocenters. The van der Waals surface area contributed by atoms with Crippen molar-refractivity contribution in [3.8, 4) is 6.19 Å². The van der Waals surface area contributed by atoms with Crippen LogP contribution in [0.15, 0.2) is 29.3 Å². The zero-order valence-electron chi connectivity index (χ0n) is 11.1. The maximum Gasteiger partial charge on any atom is 0.207 e. The number of nitrogens with zero attached hydrogens (tertiary/aromatic N) is 3. The average Bonchev–Trinajstić information content (AvgIpc) is 2.42. The number of carbonyl (C=O) groups excluding carboxylic acids is 1. The molecule has 0 N–H and O–H groups in total. The number of rotatable bonds is 3. The van der Waals surface area contributed by atoms with Crippen molar-refractivity contribution in [3.63, 3.8) is 0 Å². The van der Waals surface area contributed by atoms with Crippen LogP contribution in [-0.2, 0) is 0 Å². The number of nitriles is 1. The molecule has 4 heteroatoms. The SMILES string of the molecule is Cc1ccc(C(=O)CN2CCCCC2=NC#N)cc1. The predicted molar refractivity (Wildman–Crippen MR) is 74.0 cm³/mol. The van der Waals surface area contributed by atoms with E-state index in [1.165, 1.54) is 0 Å². The van der Waals surface area contributed by atoms with Crippen LogP contribution in [0, 0.1) is 18.4 Å². The van der Waals surface area contributed by atoms with Crippen molar-refractivity contribution in [3.05, 3.63) is 35.4 Å². The molecule has 1 aromatic rings. The number of carbonyl (C=O) groups is 1. The quantitative estimate of drug-likeness (QED) is 0.616. The van der Waals surface area contributed by atoms with Gasteiger partial charge in [-0.25, -0.2) is 0 Å². The standard InChI is InChI=1S/C15H17N3O/c1-12-5-7-13(8-6-12)14(19)10-18-9-3-2-4-15(18)17-11-16/h5-8H,2-4,9-10H2,1H3. The summed E-state index contributed by atoms with van der Waals surface area (Å²) in [7, 11) is 0. The van der Waals surface area contributed by atoms with Gasteiger partial charge in [0.05, 0.1) is 6.54 Å². The highest BCUT2D eigenvalue weighted by molar-refractivity contribution is 6.00. The number of Topliss-reactive ketones (excluding diaryl/α,β-unsaturated/α-hetero) is 1. The van der Waals surface area contributed by atoms with Gasteiger partial charge >= 0.3 is 0 Å². The Morgan fingerprint density at radius 2 is 2.11 bits per heavy atom. The molecule has 0 radical (unpaired) electrons. The second-order valence-electron chi connectivity index (χ2n) is 4.80. The van der Waals surface area contributed by atoms with E-state index < -0.39 is 0 Å². The normalized spacial score (nSPS) is 17.3. The van der Waals surface area contributed by atoms with E-state index in [1.54, 1.807) is 0 Å². The zero-order chi connectivity index (χ0) is 13.7. The summed E-state index contributed by atoms with van der Waals surface area (Å²) in [6.07, 6.45) is 4.69. The van der Waals surface area contributed by atoms with Crippen molar-refractivity contribution in [1.29, 1.82) is 5.26 Å². The van der Waals surface area contributed by atoms with E-state index >= 15 is 0 Å². The highest BCUT2D eigenvalue weighted by atomic mass is 16.1. The van der Waals surface area contributed by atoms with Crippen LogP contribution < -0.4 is 0 Å². The topological polar surface area (TPSA) is 56.5 Å². The molecule has 2 rings (SSSR count). The first kappa shape index (κ1) is 13.3. The molecule has 0 amide bonds. The van der Waals surface area contributed by atoms with E-state index in [0.29, 0.717) is 12.1 Å². The van der Waals surface area contributed by atoms with Gasteiger partial charge in [0.25, 0.3) is 0 Å². The van der Waals surface area contributed by atoms with Crippen LogP contribution >= 0.6 is 0 Å². The highest BCUT2D eigenvalue weighted by Gasteiger charge is 2.19.